The van der Waals surface area contributed by atoms with Gasteiger partial charge < -0.3 is 15.0 Å². The van der Waals surface area contributed by atoms with E-state index in [9.17, 15) is 4.79 Å². The van der Waals surface area contributed by atoms with Crippen LogP contribution in [0.3, 0.4) is 0 Å². The van der Waals surface area contributed by atoms with Gasteiger partial charge in [0.25, 0.3) is 0 Å². The maximum Gasteiger partial charge on any atom is 0.225 e. The monoisotopic (exact) mass is 296 g/mol. The molecule has 2 aliphatic heterocycles. The molecule has 2 rings (SSSR count). The van der Waals surface area contributed by atoms with Crippen LogP contribution in [-0.4, -0.2) is 47.2 Å². The van der Waals surface area contributed by atoms with Gasteiger partial charge in [0.2, 0.25) is 5.91 Å². The fraction of sp³-hybridized carbons (Fsp3) is 0.941. The zero-order valence-corrected chi connectivity index (χ0v) is 14.5. The lowest BCUT2D eigenvalue weighted by Crippen LogP contribution is -2.52. The second-order valence-corrected chi connectivity index (χ2v) is 8.14. The Kier molecular flexibility index (Phi) is 4.69. The molecule has 0 aromatic rings. The third kappa shape index (κ3) is 3.98. The first kappa shape index (κ1) is 16.8. The standard InChI is InChI=1S/C17H32N2O2/c1-12(2)15(20)19-9-7-13(8-10-19)18-14-11-16(3,4)21-17(14,5)6/h12-14,18H,7-11H2,1-6H3. The van der Waals surface area contributed by atoms with Crippen molar-refractivity contribution in [2.75, 3.05) is 13.1 Å². The first-order valence-electron chi connectivity index (χ1n) is 8.36. The average Bonchev–Trinajstić information content (AvgIpc) is 2.57. The van der Waals surface area contributed by atoms with Crippen LogP contribution in [0.15, 0.2) is 0 Å². The van der Waals surface area contributed by atoms with E-state index < -0.39 is 0 Å². The fourth-order valence-corrected chi connectivity index (χ4v) is 3.74. The van der Waals surface area contributed by atoms with Crippen molar-refractivity contribution in [1.29, 1.82) is 0 Å². The van der Waals surface area contributed by atoms with Crippen molar-refractivity contribution in [3.8, 4) is 0 Å². The topological polar surface area (TPSA) is 41.6 Å². The zero-order valence-electron chi connectivity index (χ0n) is 14.5. The molecule has 2 aliphatic rings. The van der Waals surface area contributed by atoms with Crippen molar-refractivity contribution < 1.29 is 9.53 Å². The molecule has 4 nitrogen and oxygen atoms in total. The van der Waals surface area contributed by atoms with Crippen LogP contribution < -0.4 is 5.32 Å². The van der Waals surface area contributed by atoms with Crippen molar-refractivity contribution in [3.05, 3.63) is 0 Å². The van der Waals surface area contributed by atoms with Gasteiger partial charge in [-0.3, -0.25) is 4.79 Å². The summed E-state index contributed by atoms with van der Waals surface area (Å²) in [5.41, 5.74) is -0.163. The summed E-state index contributed by atoms with van der Waals surface area (Å²) >= 11 is 0. The molecule has 4 heteroatoms. The van der Waals surface area contributed by atoms with E-state index in [1.54, 1.807) is 0 Å². The number of carbonyl (C=O) groups is 1. The van der Waals surface area contributed by atoms with E-state index in [1.165, 1.54) is 0 Å². The smallest absolute Gasteiger partial charge is 0.225 e. The molecule has 0 aliphatic carbocycles. The Labute approximate surface area is 129 Å². The van der Waals surface area contributed by atoms with Crippen molar-refractivity contribution in [2.45, 2.75) is 84.1 Å². The predicted octanol–water partition coefficient (Wildman–Crippen LogP) is 2.57. The van der Waals surface area contributed by atoms with Gasteiger partial charge in [0.05, 0.1) is 11.2 Å². The largest absolute Gasteiger partial charge is 0.368 e. The fourth-order valence-electron chi connectivity index (χ4n) is 3.74. The number of likely N-dealkylation sites (tertiary alicyclic amines) is 1. The minimum Gasteiger partial charge on any atom is -0.368 e. The zero-order chi connectivity index (χ0) is 15.8. The summed E-state index contributed by atoms with van der Waals surface area (Å²) in [6.07, 6.45) is 3.14. The quantitative estimate of drug-likeness (QED) is 0.870. The maximum atomic E-state index is 12.0. The van der Waals surface area contributed by atoms with Gasteiger partial charge >= 0.3 is 0 Å². The van der Waals surface area contributed by atoms with Crippen LogP contribution in [0.1, 0.15) is 60.8 Å². The second-order valence-electron chi connectivity index (χ2n) is 8.14. The summed E-state index contributed by atoms with van der Waals surface area (Å²) in [6, 6.07) is 0.896. The Morgan fingerprint density at radius 2 is 1.76 bits per heavy atom. The molecule has 0 aromatic heterocycles. The number of amides is 1. The minimum absolute atomic E-state index is 0.0462. The van der Waals surface area contributed by atoms with Crippen LogP contribution in [0.25, 0.3) is 0 Å². The number of nitrogens with one attached hydrogen (secondary N) is 1. The molecule has 0 saturated carbocycles. The number of nitrogens with zero attached hydrogens (tertiary/aromatic N) is 1. The first-order chi connectivity index (χ1) is 9.61. The third-order valence-electron chi connectivity index (χ3n) is 4.81. The van der Waals surface area contributed by atoms with Gasteiger partial charge in [-0.1, -0.05) is 13.8 Å². The summed E-state index contributed by atoms with van der Waals surface area (Å²) in [5, 5.41) is 3.79. The van der Waals surface area contributed by atoms with E-state index in [1.807, 2.05) is 18.7 Å². The molecule has 0 bridgehead atoms. The number of hydrogen-bond donors (Lipinski definition) is 1. The van der Waals surface area contributed by atoms with E-state index in [0.717, 1.165) is 32.4 Å². The molecule has 2 saturated heterocycles. The van der Waals surface area contributed by atoms with Gasteiger partial charge in [-0.15, -0.1) is 0 Å². The van der Waals surface area contributed by atoms with Crippen LogP contribution in [-0.2, 0) is 9.53 Å². The first-order valence-corrected chi connectivity index (χ1v) is 8.36. The molecule has 1 atom stereocenters. The molecule has 0 radical (unpaired) electrons. The van der Waals surface area contributed by atoms with E-state index in [4.69, 9.17) is 4.74 Å². The van der Waals surface area contributed by atoms with Crippen LogP contribution in [0.5, 0.6) is 0 Å². The van der Waals surface area contributed by atoms with E-state index in [-0.39, 0.29) is 17.1 Å². The maximum absolute atomic E-state index is 12.0. The van der Waals surface area contributed by atoms with Gasteiger partial charge in [-0.2, -0.15) is 0 Å². The Morgan fingerprint density at radius 1 is 1.19 bits per heavy atom. The molecule has 1 N–H and O–H groups in total. The highest BCUT2D eigenvalue weighted by atomic mass is 16.5. The molecule has 122 valence electrons. The van der Waals surface area contributed by atoms with Crippen molar-refractivity contribution in [3.63, 3.8) is 0 Å². The molecule has 1 amide bonds. The second kappa shape index (κ2) is 5.88. The Hall–Kier alpha value is -0.610. The minimum atomic E-state index is -0.117. The predicted molar refractivity (Wildman–Crippen MR) is 85.2 cm³/mol. The van der Waals surface area contributed by atoms with Crippen molar-refractivity contribution in [1.82, 2.24) is 10.2 Å². The van der Waals surface area contributed by atoms with E-state index in [0.29, 0.717) is 18.0 Å². The molecule has 1 unspecified atom stereocenters. The number of ether oxygens (including phenoxy) is 1. The lowest BCUT2D eigenvalue weighted by atomic mass is 9.92. The number of carbonyl (C=O) groups excluding carboxylic acids is 1. The lowest BCUT2D eigenvalue weighted by molar-refractivity contribution is -0.135. The van der Waals surface area contributed by atoms with Crippen molar-refractivity contribution >= 4 is 5.91 Å². The van der Waals surface area contributed by atoms with Gasteiger partial charge in [-0.25, -0.2) is 0 Å². The van der Waals surface area contributed by atoms with Crippen LogP contribution in [0.4, 0.5) is 0 Å². The van der Waals surface area contributed by atoms with Gasteiger partial charge in [0.1, 0.15) is 0 Å². The van der Waals surface area contributed by atoms with Gasteiger partial charge in [0.15, 0.2) is 0 Å². The lowest BCUT2D eigenvalue weighted by Gasteiger charge is -2.37. The van der Waals surface area contributed by atoms with Crippen LogP contribution in [0.2, 0.25) is 0 Å². The van der Waals surface area contributed by atoms with E-state index >= 15 is 0 Å². The Morgan fingerprint density at radius 3 is 2.19 bits per heavy atom. The molecular weight excluding hydrogens is 264 g/mol. The highest BCUT2D eigenvalue weighted by molar-refractivity contribution is 5.78. The summed E-state index contributed by atoms with van der Waals surface area (Å²) in [6.45, 7) is 14.4. The van der Waals surface area contributed by atoms with Crippen molar-refractivity contribution in [2.24, 2.45) is 5.92 Å². The van der Waals surface area contributed by atoms with Gasteiger partial charge in [-0.05, 0) is 47.0 Å². The molecule has 2 fully saturated rings. The van der Waals surface area contributed by atoms with E-state index in [2.05, 4.69) is 33.0 Å². The number of hydrogen-bond acceptors (Lipinski definition) is 3. The molecule has 0 aromatic carbocycles. The summed E-state index contributed by atoms with van der Waals surface area (Å²) in [7, 11) is 0. The van der Waals surface area contributed by atoms with Crippen LogP contribution in [0, 0.1) is 5.92 Å². The number of rotatable bonds is 3. The van der Waals surface area contributed by atoms with Gasteiger partial charge in [0, 0.05) is 31.1 Å². The molecule has 21 heavy (non-hydrogen) atoms. The summed E-state index contributed by atoms with van der Waals surface area (Å²) in [4.78, 5) is 14.0. The highest BCUT2D eigenvalue weighted by Gasteiger charge is 2.46. The summed E-state index contributed by atoms with van der Waals surface area (Å²) < 4.78 is 6.15. The highest BCUT2D eigenvalue weighted by Crippen LogP contribution is 2.37. The Bertz CT molecular complexity index is 382. The average molecular weight is 296 g/mol. The molecule has 0 spiro atoms. The number of piperidine rings is 1. The SMILES string of the molecule is CC(C)C(=O)N1CCC(NC2CC(C)(C)OC2(C)C)CC1. The normalized spacial score (nSPS) is 29.1. The van der Waals surface area contributed by atoms with Crippen LogP contribution >= 0.6 is 0 Å². The third-order valence-corrected chi connectivity index (χ3v) is 4.81. The summed E-state index contributed by atoms with van der Waals surface area (Å²) in [5.74, 6) is 0.400. The molecular formula is C17H32N2O2. The molecule has 2 heterocycles. The Balaban J connectivity index is 1.85.